The number of quaternary nitrogens is 1. The topological polar surface area (TPSA) is 105 Å². The van der Waals surface area contributed by atoms with Crippen LogP contribution in [0.5, 0.6) is 0 Å². The standard InChI is InChI=1S/C63H103N2O6P/c1-6-8-10-12-14-16-17-18-19-20-21-22-23-24-25-26-27-28-29-30-31-32-33-34-35-36-37-38-39-40-41-42-43-44-45-46-47-49-51-53-55-57-63(67)64-61(60-71-72(68,69)70-59-58-65(3,4)5)62(66)56-54-52-50-48-15-13-11-9-7-2/h8,10,14,16,18-19,21-22,24-25,27-28,30-31,33-34,36-37,39-40,42-43,45-46,54,56,61-62,66H,6-7,9,11-13,15,17,20,23,26,29,32,35,38,41,44,47-53,55,57-60H2,1-5H3,(H-,64,67,68,69)/p+1/b10-8-,16-14-,19-18-,22-21-,25-24-,28-27-,31-30-,34-33-,37-36-,40-39-,43-42-,46-45-,56-54+. The number of phosphoric acid groups is 1. The van der Waals surface area contributed by atoms with Crippen molar-refractivity contribution >= 4 is 13.7 Å². The zero-order valence-electron chi connectivity index (χ0n) is 46.1. The lowest BCUT2D eigenvalue weighted by atomic mass is 10.1. The smallest absolute Gasteiger partial charge is 0.387 e. The van der Waals surface area contributed by atoms with E-state index in [0.29, 0.717) is 17.4 Å². The van der Waals surface area contributed by atoms with Crippen LogP contribution in [0.2, 0.25) is 0 Å². The van der Waals surface area contributed by atoms with Gasteiger partial charge >= 0.3 is 7.82 Å². The monoisotopic (exact) mass is 1020 g/mol. The van der Waals surface area contributed by atoms with Gasteiger partial charge in [-0.15, -0.1) is 0 Å². The minimum Gasteiger partial charge on any atom is -0.387 e. The number of carbonyl (C=O) groups is 1. The van der Waals surface area contributed by atoms with Crippen molar-refractivity contribution in [2.45, 2.75) is 193 Å². The number of likely N-dealkylation sites (N-methyl/N-ethyl adjacent to an activating group) is 1. The number of unbranched alkanes of at least 4 members (excludes halogenated alkanes) is 11. The van der Waals surface area contributed by atoms with Crippen molar-refractivity contribution in [3.63, 3.8) is 0 Å². The molecule has 0 radical (unpaired) electrons. The molecule has 1 amide bonds. The summed E-state index contributed by atoms with van der Waals surface area (Å²) in [4.78, 5) is 23.1. The fourth-order valence-electron chi connectivity index (χ4n) is 6.90. The molecule has 0 aliphatic carbocycles. The molecule has 3 N–H and O–H groups in total. The number of hydrogen-bond acceptors (Lipinski definition) is 5. The maximum atomic E-state index is 12.9. The molecule has 0 fully saturated rings. The maximum Gasteiger partial charge on any atom is 0.472 e. The number of nitrogens with one attached hydrogen (secondary N) is 1. The van der Waals surface area contributed by atoms with Gasteiger partial charge in [0.25, 0.3) is 0 Å². The van der Waals surface area contributed by atoms with Crippen LogP contribution in [0.3, 0.4) is 0 Å². The van der Waals surface area contributed by atoms with Gasteiger partial charge in [-0.25, -0.2) is 4.57 Å². The van der Waals surface area contributed by atoms with Crippen LogP contribution in [0.25, 0.3) is 0 Å². The van der Waals surface area contributed by atoms with Crippen LogP contribution in [0.15, 0.2) is 158 Å². The number of carbonyl (C=O) groups excluding carboxylic acids is 1. The Morgan fingerprint density at radius 1 is 0.486 bits per heavy atom. The minimum atomic E-state index is -4.35. The zero-order valence-corrected chi connectivity index (χ0v) is 47.0. The van der Waals surface area contributed by atoms with E-state index >= 15 is 0 Å². The van der Waals surface area contributed by atoms with Gasteiger partial charge < -0.3 is 19.8 Å². The summed E-state index contributed by atoms with van der Waals surface area (Å²) in [7, 11) is 1.53. The van der Waals surface area contributed by atoms with E-state index in [-0.39, 0.29) is 19.1 Å². The van der Waals surface area contributed by atoms with E-state index in [2.05, 4.69) is 165 Å². The fourth-order valence-corrected chi connectivity index (χ4v) is 7.64. The van der Waals surface area contributed by atoms with Crippen LogP contribution in [0.4, 0.5) is 0 Å². The molecule has 0 bridgehead atoms. The average Bonchev–Trinajstić information content (AvgIpc) is 3.34. The van der Waals surface area contributed by atoms with E-state index < -0.39 is 20.0 Å². The Balaban J connectivity index is 4.14. The van der Waals surface area contributed by atoms with Gasteiger partial charge in [0, 0.05) is 6.42 Å². The first-order valence-electron chi connectivity index (χ1n) is 27.9. The number of phosphoric ester groups is 1. The van der Waals surface area contributed by atoms with E-state index in [0.717, 1.165) is 128 Å². The molecular weight excluding hydrogens is 912 g/mol. The summed E-state index contributed by atoms with van der Waals surface area (Å²) in [5.74, 6) is -0.212. The highest BCUT2D eigenvalue weighted by molar-refractivity contribution is 7.47. The summed E-state index contributed by atoms with van der Waals surface area (Å²) < 4.78 is 23.5. The van der Waals surface area contributed by atoms with E-state index in [1.54, 1.807) is 6.08 Å². The van der Waals surface area contributed by atoms with Gasteiger partial charge in [0.05, 0.1) is 39.9 Å². The van der Waals surface area contributed by atoms with E-state index in [1.165, 1.54) is 32.1 Å². The molecule has 0 rings (SSSR count). The Morgan fingerprint density at radius 2 is 0.833 bits per heavy atom. The number of aliphatic hydroxyl groups is 1. The van der Waals surface area contributed by atoms with Crippen molar-refractivity contribution in [1.29, 1.82) is 0 Å². The van der Waals surface area contributed by atoms with Gasteiger partial charge in [0.15, 0.2) is 0 Å². The molecule has 0 heterocycles. The van der Waals surface area contributed by atoms with Gasteiger partial charge in [-0.2, -0.15) is 0 Å². The van der Waals surface area contributed by atoms with E-state index in [9.17, 15) is 19.4 Å². The predicted molar refractivity (Wildman–Crippen MR) is 313 cm³/mol. The van der Waals surface area contributed by atoms with Crippen LogP contribution in [0.1, 0.15) is 181 Å². The summed E-state index contributed by atoms with van der Waals surface area (Å²) in [5, 5.41) is 13.8. The highest BCUT2D eigenvalue weighted by Crippen LogP contribution is 2.43. The first kappa shape index (κ1) is 68.1. The highest BCUT2D eigenvalue weighted by Gasteiger charge is 2.27. The van der Waals surface area contributed by atoms with Crippen LogP contribution in [-0.4, -0.2) is 73.4 Å². The number of amides is 1. The zero-order chi connectivity index (χ0) is 52.7. The minimum absolute atomic E-state index is 0.0474. The van der Waals surface area contributed by atoms with Crippen molar-refractivity contribution < 1.29 is 32.9 Å². The van der Waals surface area contributed by atoms with E-state index in [1.807, 2.05) is 27.2 Å². The fraction of sp³-hybridized carbons (Fsp3) is 0.571. The maximum absolute atomic E-state index is 12.9. The SMILES string of the molecule is CC/C=C\C/C=C\C/C=C\C/C=C\C/C=C\C/C=C\C/C=C\C/C=C\C/C=C\C/C=C\C/C=C\C/C=C\CCCCCCC(=O)NC(COP(=O)(O)OCC[N+](C)(C)C)C(O)/C=C/CCCCCCCCC. The lowest BCUT2D eigenvalue weighted by Gasteiger charge is -2.25. The largest absolute Gasteiger partial charge is 0.472 e. The molecule has 0 saturated heterocycles. The van der Waals surface area contributed by atoms with Crippen molar-refractivity contribution in [3.8, 4) is 0 Å². The molecule has 0 aromatic carbocycles. The molecule has 8 nitrogen and oxygen atoms in total. The number of allylic oxidation sites excluding steroid dienone is 25. The summed E-state index contributed by atoms with van der Waals surface area (Å²) in [6, 6.07) is -0.869. The van der Waals surface area contributed by atoms with Crippen molar-refractivity contribution in [2.75, 3.05) is 40.9 Å². The molecule has 406 valence electrons. The molecule has 0 aromatic rings. The second-order valence-electron chi connectivity index (χ2n) is 19.2. The van der Waals surface area contributed by atoms with Gasteiger partial charge in [-0.1, -0.05) is 223 Å². The number of nitrogens with zero attached hydrogens (tertiary/aromatic N) is 1. The Morgan fingerprint density at radius 3 is 1.22 bits per heavy atom. The van der Waals surface area contributed by atoms with Crippen molar-refractivity contribution in [2.24, 2.45) is 0 Å². The van der Waals surface area contributed by atoms with Gasteiger partial charge in [-0.3, -0.25) is 13.8 Å². The first-order valence-corrected chi connectivity index (χ1v) is 29.4. The quantitative estimate of drug-likeness (QED) is 0.0243. The first-order chi connectivity index (χ1) is 35.0. The van der Waals surface area contributed by atoms with Gasteiger partial charge in [0.1, 0.15) is 13.2 Å². The number of aliphatic hydroxyl groups excluding tert-OH is 1. The molecule has 3 unspecified atom stereocenters. The Hall–Kier alpha value is -3.88. The number of hydrogen-bond donors (Lipinski definition) is 3. The second kappa shape index (κ2) is 52.0. The molecule has 0 saturated carbocycles. The highest BCUT2D eigenvalue weighted by atomic mass is 31.2. The summed E-state index contributed by atoms with van der Waals surface area (Å²) in [6.45, 7) is 4.61. The Kier molecular flexibility index (Phi) is 49.2. The Bertz CT molecular complexity index is 1720. The molecule has 3 atom stereocenters. The van der Waals surface area contributed by atoms with Crippen molar-refractivity contribution in [1.82, 2.24) is 5.32 Å². The van der Waals surface area contributed by atoms with Crippen LogP contribution < -0.4 is 5.32 Å². The normalized spacial score (nSPS) is 15.2. The molecule has 0 aliphatic rings. The number of rotatable bonds is 48. The van der Waals surface area contributed by atoms with Gasteiger partial charge in [0.2, 0.25) is 5.91 Å². The molecule has 72 heavy (non-hydrogen) atoms. The Labute approximate surface area is 441 Å². The molecule has 0 spiro atoms. The van der Waals surface area contributed by atoms with Gasteiger partial charge in [-0.05, 0) is 109 Å². The molecule has 9 heteroatoms. The second-order valence-corrected chi connectivity index (χ2v) is 20.7. The van der Waals surface area contributed by atoms with Crippen LogP contribution in [0, 0.1) is 0 Å². The summed E-state index contributed by atoms with van der Waals surface area (Å²) in [6.07, 6.45) is 82.2. The third kappa shape index (κ3) is 53.9. The lowest BCUT2D eigenvalue weighted by Crippen LogP contribution is -2.45. The summed E-state index contributed by atoms with van der Waals surface area (Å²) >= 11 is 0. The third-order valence-electron chi connectivity index (χ3n) is 11.3. The van der Waals surface area contributed by atoms with Crippen molar-refractivity contribution in [3.05, 3.63) is 158 Å². The summed E-state index contributed by atoms with van der Waals surface area (Å²) in [5.41, 5.74) is 0. The van der Waals surface area contributed by atoms with Crippen LogP contribution in [-0.2, 0) is 18.4 Å². The average molecular weight is 1020 g/mol. The third-order valence-corrected chi connectivity index (χ3v) is 12.2. The van der Waals surface area contributed by atoms with E-state index in [4.69, 9.17) is 9.05 Å². The molecular formula is C63H104N2O6P+. The van der Waals surface area contributed by atoms with Crippen LogP contribution >= 0.6 is 7.82 Å². The lowest BCUT2D eigenvalue weighted by molar-refractivity contribution is -0.870. The molecule has 0 aliphatic heterocycles. The molecule has 0 aromatic heterocycles. The predicted octanol–water partition coefficient (Wildman–Crippen LogP) is 17.1.